The predicted octanol–water partition coefficient (Wildman–Crippen LogP) is 3.11. The quantitative estimate of drug-likeness (QED) is 0.751. The molecule has 7 heteroatoms. The van der Waals surface area contributed by atoms with Crippen LogP contribution in [-0.4, -0.2) is 34.0 Å². The lowest BCUT2D eigenvalue weighted by molar-refractivity contribution is -0.120. The van der Waals surface area contributed by atoms with E-state index in [-0.39, 0.29) is 23.4 Å². The Morgan fingerprint density at radius 1 is 1.11 bits per heavy atom. The third-order valence-electron chi connectivity index (χ3n) is 4.28. The van der Waals surface area contributed by atoms with Crippen LogP contribution >= 0.6 is 0 Å². The minimum absolute atomic E-state index is 0.0303. The van der Waals surface area contributed by atoms with Crippen LogP contribution in [0, 0.1) is 6.92 Å². The average molecular weight is 391 g/mol. The van der Waals surface area contributed by atoms with E-state index in [9.17, 15) is 13.2 Å². The molecular weight excluding hydrogens is 364 g/mol. The second-order valence-electron chi connectivity index (χ2n) is 6.40. The Bertz CT molecular complexity index is 862. The lowest BCUT2D eigenvalue weighted by atomic mass is 10.2. The molecule has 0 spiro atoms. The maximum absolute atomic E-state index is 13.2. The van der Waals surface area contributed by atoms with Gasteiger partial charge in [-0.2, -0.15) is 0 Å². The van der Waals surface area contributed by atoms with Crippen molar-refractivity contribution < 1.29 is 17.9 Å². The first-order valence-corrected chi connectivity index (χ1v) is 10.2. The van der Waals surface area contributed by atoms with Gasteiger partial charge in [-0.05, 0) is 56.7 Å². The lowest BCUT2D eigenvalue weighted by Crippen LogP contribution is -2.43. The molecule has 0 aromatic heterocycles. The van der Waals surface area contributed by atoms with Crippen LogP contribution in [0.15, 0.2) is 53.4 Å². The van der Waals surface area contributed by atoms with Gasteiger partial charge in [-0.3, -0.25) is 9.10 Å². The molecule has 27 heavy (non-hydrogen) atoms. The summed E-state index contributed by atoms with van der Waals surface area (Å²) in [5, 5.41) is 2.82. The van der Waals surface area contributed by atoms with Gasteiger partial charge in [0.2, 0.25) is 5.91 Å². The molecule has 6 nitrogen and oxygen atoms in total. The summed E-state index contributed by atoms with van der Waals surface area (Å²) in [6.07, 6.45) is 0.763. The zero-order valence-electron chi connectivity index (χ0n) is 16.1. The van der Waals surface area contributed by atoms with Crippen LogP contribution in [0.2, 0.25) is 0 Å². The Morgan fingerprint density at radius 3 is 2.22 bits per heavy atom. The van der Waals surface area contributed by atoms with Crippen LogP contribution in [0.3, 0.4) is 0 Å². The van der Waals surface area contributed by atoms with E-state index in [4.69, 9.17) is 4.74 Å². The Balaban J connectivity index is 2.41. The molecule has 0 fully saturated rings. The molecule has 0 unspecified atom stereocenters. The van der Waals surface area contributed by atoms with E-state index in [0.29, 0.717) is 11.4 Å². The highest BCUT2D eigenvalue weighted by Crippen LogP contribution is 2.26. The van der Waals surface area contributed by atoms with Crippen LogP contribution < -0.4 is 14.4 Å². The van der Waals surface area contributed by atoms with Gasteiger partial charge < -0.3 is 10.1 Å². The van der Waals surface area contributed by atoms with E-state index in [1.165, 1.54) is 7.11 Å². The number of amides is 1. The molecule has 1 atom stereocenters. The lowest BCUT2D eigenvalue weighted by Gasteiger charge is -2.25. The summed E-state index contributed by atoms with van der Waals surface area (Å²) in [6.45, 7) is 5.42. The maximum Gasteiger partial charge on any atom is 0.264 e. The highest BCUT2D eigenvalue weighted by molar-refractivity contribution is 7.92. The molecule has 0 aliphatic heterocycles. The molecule has 2 aromatic rings. The van der Waals surface area contributed by atoms with Gasteiger partial charge >= 0.3 is 0 Å². The number of hydrogen-bond acceptors (Lipinski definition) is 4. The molecule has 0 saturated heterocycles. The van der Waals surface area contributed by atoms with Gasteiger partial charge in [0, 0.05) is 6.04 Å². The molecule has 2 aromatic carbocycles. The molecule has 0 saturated carbocycles. The van der Waals surface area contributed by atoms with Gasteiger partial charge in [0.15, 0.2) is 0 Å². The van der Waals surface area contributed by atoms with E-state index in [0.717, 1.165) is 16.3 Å². The largest absolute Gasteiger partial charge is 0.497 e. The highest BCUT2D eigenvalue weighted by Gasteiger charge is 2.27. The number of anilines is 1. The van der Waals surface area contributed by atoms with Crippen LogP contribution in [-0.2, 0) is 14.8 Å². The smallest absolute Gasteiger partial charge is 0.264 e. The van der Waals surface area contributed by atoms with Crippen molar-refractivity contribution in [2.75, 3.05) is 18.0 Å². The number of carbonyl (C=O) groups is 1. The van der Waals surface area contributed by atoms with E-state index < -0.39 is 10.0 Å². The van der Waals surface area contributed by atoms with Gasteiger partial charge in [0.25, 0.3) is 10.0 Å². The summed E-state index contributed by atoms with van der Waals surface area (Å²) < 4.78 is 32.7. The molecule has 1 N–H and O–H groups in total. The summed E-state index contributed by atoms with van der Waals surface area (Å²) in [4.78, 5) is 12.5. The third-order valence-corrected chi connectivity index (χ3v) is 6.06. The number of nitrogens with one attached hydrogen (secondary N) is 1. The van der Waals surface area contributed by atoms with Crippen molar-refractivity contribution in [3.8, 4) is 5.75 Å². The van der Waals surface area contributed by atoms with E-state index in [1.54, 1.807) is 48.5 Å². The average Bonchev–Trinajstić information content (AvgIpc) is 2.66. The topological polar surface area (TPSA) is 75.7 Å². The molecule has 1 amide bonds. The summed E-state index contributed by atoms with van der Waals surface area (Å²) >= 11 is 0. The van der Waals surface area contributed by atoms with Gasteiger partial charge in [0.05, 0.1) is 17.7 Å². The Labute approximate surface area is 161 Å². The Kier molecular flexibility index (Phi) is 6.85. The van der Waals surface area contributed by atoms with Crippen LogP contribution in [0.4, 0.5) is 5.69 Å². The Morgan fingerprint density at radius 2 is 1.70 bits per heavy atom. The molecular formula is C20H26N2O4S. The summed E-state index contributed by atoms with van der Waals surface area (Å²) in [5.74, 6) is 0.256. The van der Waals surface area contributed by atoms with Gasteiger partial charge in [0.1, 0.15) is 12.3 Å². The molecule has 0 heterocycles. The monoisotopic (exact) mass is 390 g/mol. The van der Waals surface area contributed by atoms with Crippen molar-refractivity contribution in [2.24, 2.45) is 0 Å². The first-order chi connectivity index (χ1) is 12.8. The normalized spacial score (nSPS) is 12.3. The molecule has 0 aliphatic carbocycles. The first-order valence-electron chi connectivity index (χ1n) is 8.80. The number of sulfonamides is 1. The SMILES string of the molecule is CC[C@H](C)NC(=O)CN(c1ccc(OC)cc1)S(=O)(=O)c1ccc(C)cc1. The molecule has 0 bridgehead atoms. The second-order valence-corrected chi connectivity index (χ2v) is 8.26. The maximum atomic E-state index is 13.2. The van der Waals surface area contributed by atoms with Gasteiger partial charge in [-0.1, -0.05) is 24.6 Å². The van der Waals surface area contributed by atoms with Crippen molar-refractivity contribution in [2.45, 2.75) is 38.1 Å². The molecule has 0 radical (unpaired) electrons. The minimum atomic E-state index is -3.90. The van der Waals surface area contributed by atoms with Crippen molar-refractivity contribution in [3.63, 3.8) is 0 Å². The first kappa shape index (κ1) is 20.8. The predicted molar refractivity (Wildman–Crippen MR) is 107 cm³/mol. The van der Waals surface area contributed by atoms with Crippen LogP contribution in [0.5, 0.6) is 5.75 Å². The number of ether oxygens (including phenoxy) is 1. The number of rotatable bonds is 8. The van der Waals surface area contributed by atoms with Crippen LogP contribution in [0.1, 0.15) is 25.8 Å². The summed E-state index contributed by atoms with van der Waals surface area (Å²) in [5.41, 5.74) is 1.36. The highest BCUT2D eigenvalue weighted by atomic mass is 32.2. The second kappa shape index (κ2) is 8.90. The van der Waals surface area contributed by atoms with E-state index >= 15 is 0 Å². The molecule has 2 rings (SSSR count). The number of carbonyl (C=O) groups excluding carboxylic acids is 1. The third kappa shape index (κ3) is 5.23. The van der Waals surface area contributed by atoms with Gasteiger partial charge in [-0.15, -0.1) is 0 Å². The number of benzene rings is 2. The fraction of sp³-hybridized carbons (Fsp3) is 0.350. The van der Waals surface area contributed by atoms with Crippen molar-refractivity contribution >= 4 is 21.6 Å². The zero-order chi connectivity index (χ0) is 20.0. The number of aryl methyl sites for hydroxylation is 1. The van der Waals surface area contributed by atoms with Crippen LogP contribution in [0.25, 0.3) is 0 Å². The standard InChI is InChI=1S/C20H26N2O4S/c1-5-16(3)21-20(23)14-22(17-8-10-18(26-4)11-9-17)27(24,25)19-12-6-15(2)7-13-19/h6-13,16H,5,14H2,1-4H3,(H,21,23)/t16-/m0/s1. The fourth-order valence-electron chi connectivity index (χ4n) is 2.45. The number of nitrogens with zero attached hydrogens (tertiary/aromatic N) is 1. The summed E-state index contributed by atoms with van der Waals surface area (Å²) in [6, 6.07) is 13.1. The summed E-state index contributed by atoms with van der Waals surface area (Å²) in [7, 11) is -2.36. The Hall–Kier alpha value is -2.54. The molecule has 146 valence electrons. The zero-order valence-corrected chi connectivity index (χ0v) is 16.9. The minimum Gasteiger partial charge on any atom is -0.497 e. The number of hydrogen-bond donors (Lipinski definition) is 1. The number of methoxy groups -OCH3 is 1. The van der Waals surface area contributed by atoms with E-state index in [2.05, 4.69) is 5.32 Å². The molecule has 0 aliphatic rings. The van der Waals surface area contributed by atoms with Gasteiger partial charge in [-0.25, -0.2) is 8.42 Å². The van der Waals surface area contributed by atoms with Crippen molar-refractivity contribution in [1.82, 2.24) is 5.32 Å². The fourth-order valence-corrected chi connectivity index (χ4v) is 3.87. The van der Waals surface area contributed by atoms with Crippen molar-refractivity contribution in [3.05, 3.63) is 54.1 Å². The van der Waals surface area contributed by atoms with Crippen molar-refractivity contribution in [1.29, 1.82) is 0 Å². The van der Waals surface area contributed by atoms with E-state index in [1.807, 2.05) is 20.8 Å².